The van der Waals surface area contributed by atoms with E-state index in [1.807, 2.05) is 0 Å². The summed E-state index contributed by atoms with van der Waals surface area (Å²) in [6.45, 7) is 4.41. The maximum absolute atomic E-state index is 12.3. The van der Waals surface area contributed by atoms with Gasteiger partial charge in [0.05, 0.1) is 19.4 Å². The lowest BCUT2D eigenvalue weighted by Crippen LogP contribution is -2.48. The van der Waals surface area contributed by atoms with E-state index >= 15 is 0 Å². The number of carbonyl (C=O) groups is 1. The molecule has 0 aliphatic carbocycles. The molecule has 35 heavy (non-hydrogen) atoms. The van der Waals surface area contributed by atoms with Crippen molar-refractivity contribution in [2.45, 2.75) is 12.5 Å². The van der Waals surface area contributed by atoms with Gasteiger partial charge in [0.1, 0.15) is 0 Å². The minimum Gasteiger partial charge on any atom is -0.504 e. The first kappa shape index (κ1) is 24.4. The molecule has 0 saturated carbocycles. The second-order valence-electron chi connectivity index (χ2n) is 8.58. The van der Waals surface area contributed by atoms with E-state index in [9.17, 15) is 9.90 Å². The normalized spacial score (nSPS) is 14.9. The highest BCUT2D eigenvalue weighted by atomic mass is 16.5. The number of nitrogens with one attached hydrogen (secondary N) is 1. The van der Waals surface area contributed by atoms with Crippen LogP contribution >= 0.6 is 0 Å². The molecule has 3 aromatic carbocycles. The summed E-state index contributed by atoms with van der Waals surface area (Å²) in [6, 6.07) is 26.4. The second kappa shape index (κ2) is 12.1. The van der Waals surface area contributed by atoms with Crippen LogP contribution in [0.4, 0.5) is 0 Å². The number of amides is 1. The predicted octanol–water partition coefficient (Wildman–Crippen LogP) is 3.65. The SMILES string of the molecule is COc1cc(/C=N\NC(=O)CCN2CCN(C(c3ccccc3)c3ccccc3)CC2)ccc1O. The Hall–Kier alpha value is -3.68. The van der Waals surface area contributed by atoms with E-state index in [4.69, 9.17) is 4.74 Å². The highest BCUT2D eigenvalue weighted by molar-refractivity contribution is 5.83. The highest BCUT2D eigenvalue weighted by Gasteiger charge is 2.26. The third-order valence-electron chi connectivity index (χ3n) is 6.26. The van der Waals surface area contributed by atoms with Crippen molar-refractivity contribution in [3.05, 3.63) is 95.6 Å². The van der Waals surface area contributed by atoms with Gasteiger partial charge >= 0.3 is 0 Å². The van der Waals surface area contributed by atoms with Crippen LogP contribution in [0.15, 0.2) is 84.0 Å². The first-order valence-corrected chi connectivity index (χ1v) is 11.9. The van der Waals surface area contributed by atoms with Crippen molar-refractivity contribution in [3.8, 4) is 11.5 Å². The molecule has 0 spiro atoms. The number of hydrazone groups is 1. The second-order valence-corrected chi connectivity index (χ2v) is 8.58. The Morgan fingerprint density at radius 3 is 2.23 bits per heavy atom. The first-order chi connectivity index (χ1) is 17.1. The van der Waals surface area contributed by atoms with Crippen LogP contribution in [0.25, 0.3) is 0 Å². The van der Waals surface area contributed by atoms with Gasteiger partial charge in [-0.3, -0.25) is 9.69 Å². The van der Waals surface area contributed by atoms with Crippen LogP contribution in [0, 0.1) is 0 Å². The van der Waals surface area contributed by atoms with Crippen LogP contribution in [0.3, 0.4) is 0 Å². The van der Waals surface area contributed by atoms with Gasteiger partial charge in [0.2, 0.25) is 5.91 Å². The third kappa shape index (κ3) is 6.68. The Morgan fingerprint density at radius 1 is 1.00 bits per heavy atom. The number of piperazine rings is 1. The maximum Gasteiger partial charge on any atom is 0.241 e. The number of hydrogen-bond acceptors (Lipinski definition) is 6. The van der Waals surface area contributed by atoms with Gasteiger partial charge in [0, 0.05) is 39.1 Å². The van der Waals surface area contributed by atoms with Gasteiger partial charge < -0.3 is 14.7 Å². The first-order valence-electron chi connectivity index (χ1n) is 11.9. The van der Waals surface area contributed by atoms with Crippen molar-refractivity contribution in [3.63, 3.8) is 0 Å². The molecule has 0 aromatic heterocycles. The third-order valence-corrected chi connectivity index (χ3v) is 6.26. The van der Waals surface area contributed by atoms with E-state index in [1.165, 1.54) is 30.5 Å². The number of ether oxygens (including phenoxy) is 1. The average Bonchev–Trinajstić information content (AvgIpc) is 2.90. The van der Waals surface area contributed by atoms with Crippen LogP contribution < -0.4 is 10.2 Å². The van der Waals surface area contributed by atoms with Gasteiger partial charge in [-0.1, -0.05) is 60.7 Å². The summed E-state index contributed by atoms with van der Waals surface area (Å²) in [5.74, 6) is 0.301. The molecular formula is C28H32N4O3. The van der Waals surface area contributed by atoms with Gasteiger partial charge in [-0.15, -0.1) is 0 Å². The summed E-state index contributed by atoms with van der Waals surface area (Å²) in [4.78, 5) is 17.1. The minimum absolute atomic E-state index is 0.0626. The van der Waals surface area contributed by atoms with Crippen molar-refractivity contribution in [2.24, 2.45) is 5.10 Å². The van der Waals surface area contributed by atoms with Gasteiger partial charge in [-0.05, 0) is 34.9 Å². The molecule has 182 valence electrons. The molecule has 0 bridgehead atoms. The molecule has 7 heteroatoms. The molecule has 3 aromatic rings. The van der Waals surface area contributed by atoms with Crippen molar-refractivity contribution in [1.29, 1.82) is 0 Å². The molecule has 1 fully saturated rings. The summed E-state index contributed by atoms with van der Waals surface area (Å²) < 4.78 is 5.08. The number of methoxy groups -OCH3 is 1. The van der Waals surface area contributed by atoms with E-state index < -0.39 is 0 Å². The zero-order chi connectivity index (χ0) is 24.5. The Kier molecular flexibility index (Phi) is 8.48. The molecule has 1 saturated heterocycles. The topological polar surface area (TPSA) is 77.4 Å². The molecule has 2 N–H and O–H groups in total. The monoisotopic (exact) mass is 472 g/mol. The van der Waals surface area contributed by atoms with Gasteiger partial charge in [-0.25, -0.2) is 5.43 Å². The minimum atomic E-state index is -0.124. The molecule has 7 nitrogen and oxygen atoms in total. The van der Waals surface area contributed by atoms with Crippen LogP contribution in [0.2, 0.25) is 0 Å². The molecule has 0 radical (unpaired) electrons. The summed E-state index contributed by atoms with van der Waals surface area (Å²) >= 11 is 0. The number of aromatic hydroxyl groups is 1. The Balaban J connectivity index is 1.26. The number of phenolic OH excluding ortho intramolecular Hbond substituents is 1. The molecule has 4 rings (SSSR count). The van der Waals surface area contributed by atoms with Gasteiger partial charge in [-0.2, -0.15) is 5.10 Å². The Labute approximate surface area is 206 Å². The van der Waals surface area contributed by atoms with E-state index in [-0.39, 0.29) is 17.7 Å². The quantitative estimate of drug-likeness (QED) is 0.367. The average molecular weight is 473 g/mol. The number of hydrogen-bond donors (Lipinski definition) is 2. The maximum atomic E-state index is 12.3. The fraction of sp³-hybridized carbons (Fsp3) is 0.286. The van der Waals surface area contributed by atoms with Crippen LogP contribution in [0.1, 0.15) is 29.2 Å². The summed E-state index contributed by atoms with van der Waals surface area (Å²) in [6.07, 6.45) is 1.92. The standard InChI is InChI=1S/C28H32N4O3/c1-35-26-20-22(12-13-25(26)33)21-29-30-27(34)14-15-31-16-18-32(19-17-31)28(23-8-4-2-5-9-23)24-10-6-3-7-11-24/h2-13,20-21,28,33H,14-19H2,1H3,(H,30,34)/b29-21-. The van der Waals surface area contributed by atoms with Crippen molar-refractivity contribution < 1.29 is 14.6 Å². The smallest absolute Gasteiger partial charge is 0.241 e. The largest absolute Gasteiger partial charge is 0.504 e. The zero-order valence-electron chi connectivity index (χ0n) is 20.0. The molecule has 0 unspecified atom stereocenters. The van der Waals surface area contributed by atoms with Gasteiger partial charge in [0.15, 0.2) is 11.5 Å². The van der Waals surface area contributed by atoms with Crippen molar-refractivity contribution in [2.75, 3.05) is 39.8 Å². The Bertz CT molecular complexity index is 1070. The number of benzene rings is 3. The number of rotatable bonds is 9. The lowest BCUT2D eigenvalue weighted by atomic mass is 9.96. The van der Waals surface area contributed by atoms with Crippen molar-refractivity contribution in [1.82, 2.24) is 15.2 Å². The lowest BCUT2D eigenvalue weighted by Gasteiger charge is -2.39. The van der Waals surface area contributed by atoms with Crippen LogP contribution in [-0.4, -0.2) is 66.9 Å². The van der Waals surface area contributed by atoms with Crippen molar-refractivity contribution >= 4 is 12.1 Å². The molecular weight excluding hydrogens is 440 g/mol. The number of phenols is 1. The zero-order valence-corrected chi connectivity index (χ0v) is 20.0. The molecule has 1 aliphatic heterocycles. The highest BCUT2D eigenvalue weighted by Crippen LogP contribution is 2.29. The lowest BCUT2D eigenvalue weighted by molar-refractivity contribution is -0.121. The number of carbonyl (C=O) groups excluding carboxylic acids is 1. The molecule has 1 amide bonds. The fourth-order valence-corrected chi connectivity index (χ4v) is 4.40. The van der Waals surface area contributed by atoms with Crippen LogP contribution in [0.5, 0.6) is 11.5 Å². The summed E-state index contributed by atoms with van der Waals surface area (Å²) in [5, 5.41) is 13.7. The van der Waals surface area contributed by atoms with E-state index in [1.54, 1.807) is 12.1 Å². The van der Waals surface area contributed by atoms with E-state index in [2.05, 4.69) is 81.0 Å². The molecule has 1 heterocycles. The van der Waals surface area contributed by atoms with Gasteiger partial charge in [0.25, 0.3) is 0 Å². The molecule has 0 atom stereocenters. The van der Waals surface area contributed by atoms with Crippen LogP contribution in [-0.2, 0) is 4.79 Å². The fourth-order valence-electron chi connectivity index (χ4n) is 4.40. The Morgan fingerprint density at radius 2 is 1.63 bits per heavy atom. The summed E-state index contributed by atoms with van der Waals surface area (Å²) in [5.41, 5.74) is 5.91. The number of nitrogens with zero attached hydrogens (tertiary/aromatic N) is 3. The van der Waals surface area contributed by atoms with E-state index in [0.29, 0.717) is 18.7 Å². The predicted molar refractivity (Wildman–Crippen MR) is 138 cm³/mol. The van der Waals surface area contributed by atoms with E-state index in [0.717, 1.165) is 31.7 Å². The summed E-state index contributed by atoms with van der Waals surface area (Å²) in [7, 11) is 1.49. The molecule has 1 aliphatic rings.